The van der Waals surface area contributed by atoms with E-state index in [2.05, 4.69) is 12.2 Å². The number of amides is 1. The lowest BCUT2D eigenvalue weighted by atomic mass is 9.95. The van der Waals surface area contributed by atoms with Gasteiger partial charge in [0.25, 0.3) is 0 Å². The molecule has 1 aliphatic carbocycles. The first-order chi connectivity index (χ1) is 11.1. The summed E-state index contributed by atoms with van der Waals surface area (Å²) in [7, 11) is 2.03. The van der Waals surface area contributed by atoms with Crippen LogP contribution >= 0.6 is 0 Å². The van der Waals surface area contributed by atoms with Gasteiger partial charge in [-0.3, -0.25) is 4.79 Å². The number of carbonyl (C=O) groups excluding carboxylic acids is 1. The maximum atomic E-state index is 10.9. The number of hydrogen-bond acceptors (Lipinski definition) is 3. The first-order valence-electron chi connectivity index (χ1n) is 8.78. The molecule has 3 atom stereocenters. The zero-order valence-corrected chi connectivity index (χ0v) is 14.4. The zero-order valence-electron chi connectivity index (χ0n) is 14.4. The fourth-order valence-corrected chi connectivity index (χ4v) is 3.46. The number of benzene rings is 1. The van der Waals surface area contributed by atoms with Crippen molar-refractivity contribution in [3.05, 3.63) is 29.8 Å². The molecule has 0 saturated heterocycles. The number of carbonyl (C=O) groups is 1. The molecule has 1 fully saturated rings. The maximum Gasteiger partial charge on any atom is 0.221 e. The second-order valence-corrected chi connectivity index (χ2v) is 6.64. The van der Waals surface area contributed by atoms with Gasteiger partial charge in [-0.2, -0.15) is 0 Å². The average Bonchev–Trinajstić information content (AvgIpc) is 3.29. The van der Waals surface area contributed by atoms with Crippen molar-refractivity contribution >= 4 is 5.91 Å². The third-order valence-corrected chi connectivity index (χ3v) is 4.93. The molecule has 2 rings (SSSR count). The molecule has 1 saturated carbocycles. The molecule has 1 amide bonds. The largest absolute Gasteiger partial charge is 0.494 e. The van der Waals surface area contributed by atoms with Gasteiger partial charge in [-0.15, -0.1) is 0 Å². The van der Waals surface area contributed by atoms with Crippen LogP contribution in [0.4, 0.5) is 0 Å². The van der Waals surface area contributed by atoms with Gasteiger partial charge in [0, 0.05) is 0 Å². The molecule has 4 heteroatoms. The first-order valence-corrected chi connectivity index (χ1v) is 8.78. The van der Waals surface area contributed by atoms with Crippen molar-refractivity contribution in [1.82, 2.24) is 5.32 Å². The second kappa shape index (κ2) is 8.92. The SMILES string of the molecule is CCC(CCNC)C1CC1CCOc1ccc(CC(N)=O)cc1. The highest BCUT2D eigenvalue weighted by Crippen LogP contribution is 2.48. The lowest BCUT2D eigenvalue weighted by Crippen LogP contribution is -2.15. The molecule has 0 radical (unpaired) electrons. The molecular formula is C19H30N2O2. The Labute approximate surface area is 139 Å². The van der Waals surface area contributed by atoms with Gasteiger partial charge in [0.15, 0.2) is 0 Å². The average molecular weight is 318 g/mol. The predicted octanol–water partition coefficient (Wildman–Crippen LogP) is 2.76. The van der Waals surface area contributed by atoms with Crippen molar-refractivity contribution in [2.24, 2.45) is 23.5 Å². The van der Waals surface area contributed by atoms with E-state index in [1.165, 1.54) is 19.3 Å². The molecule has 128 valence electrons. The Bertz CT molecular complexity index is 487. The topological polar surface area (TPSA) is 64.3 Å². The fourth-order valence-electron chi connectivity index (χ4n) is 3.46. The summed E-state index contributed by atoms with van der Waals surface area (Å²) >= 11 is 0. The second-order valence-electron chi connectivity index (χ2n) is 6.64. The van der Waals surface area contributed by atoms with Crippen molar-refractivity contribution < 1.29 is 9.53 Å². The van der Waals surface area contributed by atoms with Crippen molar-refractivity contribution in [3.8, 4) is 5.75 Å². The van der Waals surface area contributed by atoms with Gasteiger partial charge in [0.1, 0.15) is 5.75 Å². The molecule has 1 aliphatic rings. The van der Waals surface area contributed by atoms with Crippen LogP contribution in [0.3, 0.4) is 0 Å². The molecule has 1 aromatic rings. The summed E-state index contributed by atoms with van der Waals surface area (Å²) in [5.41, 5.74) is 6.12. The van der Waals surface area contributed by atoms with Crippen LogP contribution in [-0.4, -0.2) is 26.1 Å². The monoisotopic (exact) mass is 318 g/mol. The predicted molar refractivity (Wildman–Crippen MR) is 93.4 cm³/mol. The minimum Gasteiger partial charge on any atom is -0.494 e. The van der Waals surface area contributed by atoms with Crippen molar-refractivity contribution in [1.29, 1.82) is 0 Å². The summed E-state index contributed by atoms with van der Waals surface area (Å²) in [5.74, 6) is 3.17. The summed E-state index contributed by atoms with van der Waals surface area (Å²) in [5, 5.41) is 3.26. The lowest BCUT2D eigenvalue weighted by molar-refractivity contribution is -0.117. The van der Waals surface area contributed by atoms with Crippen molar-refractivity contribution in [2.45, 2.75) is 39.0 Å². The Kier molecular flexibility index (Phi) is 6.90. The molecule has 0 spiro atoms. The molecule has 0 aromatic heterocycles. The van der Waals surface area contributed by atoms with Crippen LogP contribution in [0.5, 0.6) is 5.75 Å². The molecule has 4 nitrogen and oxygen atoms in total. The van der Waals surface area contributed by atoms with Crippen LogP contribution in [0.25, 0.3) is 0 Å². The van der Waals surface area contributed by atoms with E-state index in [0.717, 1.165) is 48.6 Å². The molecular weight excluding hydrogens is 288 g/mol. The van der Waals surface area contributed by atoms with Crippen molar-refractivity contribution in [3.63, 3.8) is 0 Å². The van der Waals surface area contributed by atoms with Crippen molar-refractivity contribution in [2.75, 3.05) is 20.2 Å². The van der Waals surface area contributed by atoms with Crippen LogP contribution in [-0.2, 0) is 11.2 Å². The van der Waals surface area contributed by atoms with E-state index < -0.39 is 0 Å². The van der Waals surface area contributed by atoms with Crippen LogP contribution in [0.2, 0.25) is 0 Å². The van der Waals surface area contributed by atoms with E-state index in [4.69, 9.17) is 10.5 Å². The Hall–Kier alpha value is -1.55. The fraction of sp³-hybridized carbons (Fsp3) is 0.632. The quantitative estimate of drug-likeness (QED) is 0.659. The van der Waals surface area contributed by atoms with Gasteiger partial charge >= 0.3 is 0 Å². The van der Waals surface area contributed by atoms with Gasteiger partial charge in [-0.25, -0.2) is 0 Å². The summed E-state index contributed by atoms with van der Waals surface area (Å²) < 4.78 is 5.83. The number of primary amides is 1. The summed E-state index contributed by atoms with van der Waals surface area (Å²) in [6.45, 7) is 4.20. The zero-order chi connectivity index (χ0) is 16.7. The van der Waals surface area contributed by atoms with E-state index in [-0.39, 0.29) is 12.3 Å². The van der Waals surface area contributed by atoms with Crippen LogP contribution in [0.1, 0.15) is 38.2 Å². The van der Waals surface area contributed by atoms with E-state index >= 15 is 0 Å². The third-order valence-electron chi connectivity index (χ3n) is 4.93. The normalized spacial score (nSPS) is 21.0. The summed E-state index contributed by atoms with van der Waals surface area (Å²) in [6, 6.07) is 7.66. The molecule has 0 aliphatic heterocycles. The smallest absolute Gasteiger partial charge is 0.221 e. The third kappa shape index (κ3) is 5.87. The van der Waals surface area contributed by atoms with Crippen LogP contribution in [0.15, 0.2) is 24.3 Å². The number of rotatable bonds is 11. The van der Waals surface area contributed by atoms with E-state index in [9.17, 15) is 4.79 Å². The Morgan fingerprint density at radius 2 is 2.13 bits per heavy atom. The van der Waals surface area contributed by atoms with E-state index in [1.807, 2.05) is 31.3 Å². The Morgan fingerprint density at radius 3 is 2.74 bits per heavy atom. The number of ether oxygens (including phenoxy) is 1. The lowest BCUT2D eigenvalue weighted by Gasteiger charge is -2.14. The molecule has 3 N–H and O–H groups in total. The highest BCUT2D eigenvalue weighted by molar-refractivity contribution is 5.76. The highest BCUT2D eigenvalue weighted by atomic mass is 16.5. The molecule has 1 aromatic carbocycles. The molecule has 23 heavy (non-hydrogen) atoms. The van der Waals surface area contributed by atoms with Gasteiger partial charge in [0.05, 0.1) is 13.0 Å². The van der Waals surface area contributed by atoms with Gasteiger partial charge in [0.2, 0.25) is 5.91 Å². The Morgan fingerprint density at radius 1 is 1.39 bits per heavy atom. The standard InChI is InChI=1S/C19H30N2O2/c1-3-15(8-10-21-2)18-13-16(18)9-11-23-17-6-4-14(5-7-17)12-19(20)22/h4-7,15-16,18,21H,3,8-13H2,1-2H3,(H2,20,22). The molecule has 0 heterocycles. The van der Waals surface area contributed by atoms with Crippen LogP contribution in [0, 0.1) is 17.8 Å². The minimum absolute atomic E-state index is 0.287. The maximum absolute atomic E-state index is 10.9. The summed E-state index contributed by atoms with van der Waals surface area (Å²) in [4.78, 5) is 10.9. The van der Waals surface area contributed by atoms with Gasteiger partial charge in [-0.05, 0) is 68.3 Å². The van der Waals surface area contributed by atoms with E-state index in [1.54, 1.807) is 0 Å². The first kappa shape index (κ1) is 17.8. The minimum atomic E-state index is -0.304. The molecule has 0 bridgehead atoms. The number of nitrogens with two attached hydrogens (primary N) is 1. The number of nitrogens with one attached hydrogen (secondary N) is 1. The highest BCUT2D eigenvalue weighted by Gasteiger charge is 2.41. The van der Waals surface area contributed by atoms with Gasteiger partial charge < -0.3 is 15.8 Å². The summed E-state index contributed by atoms with van der Waals surface area (Å²) in [6.07, 6.45) is 5.36. The number of hydrogen-bond donors (Lipinski definition) is 2. The van der Waals surface area contributed by atoms with E-state index in [0.29, 0.717) is 0 Å². The van der Waals surface area contributed by atoms with Gasteiger partial charge in [-0.1, -0.05) is 25.5 Å². The molecule has 3 unspecified atom stereocenters. The Balaban J connectivity index is 1.67. The van der Waals surface area contributed by atoms with Crippen LogP contribution < -0.4 is 15.8 Å².